The van der Waals surface area contributed by atoms with Crippen molar-refractivity contribution in [2.24, 2.45) is 5.10 Å². The number of nitro groups is 1. The maximum Gasteiger partial charge on any atom is 0.269 e. The number of hydrazone groups is 1. The SMILES string of the molecule is O=[N+]([O-])c1ccc(COc2c(Br)cc(/C=N\Nc3ccccc3)cc2Br)cc1. The molecule has 1 N–H and O–H groups in total. The number of hydrogen-bond donors (Lipinski definition) is 1. The van der Waals surface area contributed by atoms with Gasteiger partial charge in [0.1, 0.15) is 12.4 Å². The Bertz CT molecular complexity index is 970. The Labute approximate surface area is 178 Å². The number of anilines is 1. The molecule has 0 radical (unpaired) electrons. The predicted octanol–water partition coefficient (Wildman–Crippen LogP) is 6.14. The van der Waals surface area contributed by atoms with Gasteiger partial charge in [0.15, 0.2) is 0 Å². The topological polar surface area (TPSA) is 76.8 Å². The Hall–Kier alpha value is -2.71. The van der Waals surface area contributed by atoms with E-state index >= 15 is 0 Å². The van der Waals surface area contributed by atoms with Crippen LogP contribution in [-0.4, -0.2) is 11.1 Å². The number of nitro benzene ring substituents is 1. The summed E-state index contributed by atoms with van der Waals surface area (Å²) in [5, 5.41) is 14.9. The fraction of sp³-hybridized carbons (Fsp3) is 0.0500. The van der Waals surface area contributed by atoms with Crippen molar-refractivity contribution < 1.29 is 9.66 Å². The highest BCUT2D eigenvalue weighted by atomic mass is 79.9. The third-order valence-electron chi connectivity index (χ3n) is 3.73. The molecule has 0 fully saturated rings. The lowest BCUT2D eigenvalue weighted by Crippen LogP contribution is -1.98. The Morgan fingerprint density at radius 3 is 2.29 bits per heavy atom. The average Bonchev–Trinajstić information content (AvgIpc) is 2.68. The van der Waals surface area contributed by atoms with E-state index in [0.717, 1.165) is 25.8 Å². The maximum atomic E-state index is 10.7. The lowest BCUT2D eigenvalue weighted by Gasteiger charge is -2.11. The van der Waals surface area contributed by atoms with Gasteiger partial charge in [-0.2, -0.15) is 5.10 Å². The summed E-state index contributed by atoms with van der Waals surface area (Å²) in [5.41, 5.74) is 5.64. The summed E-state index contributed by atoms with van der Waals surface area (Å²) in [6.45, 7) is 0.290. The number of nitrogens with one attached hydrogen (secondary N) is 1. The molecule has 6 nitrogen and oxygen atoms in total. The molecule has 8 heteroatoms. The van der Waals surface area contributed by atoms with Crippen LogP contribution in [0, 0.1) is 10.1 Å². The zero-order chi connectivity index (χ0) is 19.9. The molecule has 0 bridgehead atoms. The number of para-hydroxylation sites is 1. The maximum absolute atomic E-state index is 10.7. The highest BCUT2D eigenvalue weighted by Crippen LogP contribution is 2.35. The first-order chi connectivity index (χ1) is 13.5. The minimum Gasteiger partial charge on any atom is -0.487 e. The van der Waals surface area contributed by atoms with E-state index in [-0.39, 0.29) is 12.3 Å². The standard InChI is InChI=1S/C20H15Br2N3O3/c21-18-10-15(12-23-24-16-4-2-1-3-5-16)11-19(22)20(18)28-13-14-6-8-17(9-7-14)25(26)27/h1-12,24H,13H2/b23-12-. The Morgan fingerprint density at radius 1 is 1.04 bits per heavy atom. The van der Waals surface area contributed by atoms with E-state index in [1.54, 1.807) is 18.3 Å². The second kappa shape index (κ2) is 9.48. The zero-order valence-corrected chi connectivity index (χ0v) is 17.7. The average molecular weight is 505 g/mol. The Balaban J connectivity index is 1.65. The van der Waals surface area contributed by atoms with Crippen LogP contribution in [0.1, 0.15) is 11.1 Å². The fourth-order valence-electron chi connectivity index (χ4n) is 2.36. The zero-order valence-electron chi connectivity index (χ0n) is 14.5. The number of benzene rings is 3. The molecule has 0 spiro atoms. The fourth-order valence-corrected chi connectivity index (χ4v) is 3.81. The monoisotopic (exact) mass is 503 g/mol. The van der Waals surface area contributed by atoms with Crippen LogP contribution in [0.2, 0.25) is 0 Å². The first kappa shape index (κ1) is 20.0. The van der Waals surface area contributed by atoms with Gasteiger partial charge < -0.3 is 4.74 Å². The van der Waals surface area contributed by atoms with Gasteiger partial charge in [0.25, 0.3) is 5.69 Å². The van der Waals surface area contributed by atoms with Crippen molar-refractivity contribution >= 4 is 49.4 Å². The molecule has 0 amide bonds. The Kier molecular flexibility index (Phi) is 6.78. The van der Waals surface area contributed by atoms with Gasteiger partial charge in [-0.1, -0.05) is 18.2 Å². The largest absolute Gasteiger partial charge is 0.487 e. The Morgan fingerprint density at radius 2 is 1.68 bits per heavy atom. The van der Waals surface area contributed by atoms with Crippen LogP contribution in [-0.2, 0) is 6.61 Å². The van der Waals surface area contributed by atoms with Gasteiger partial charge >= 0.3 is 0 Å². The molecule has 142 valence electrons. The van der Waals surface area contributed by atoms with E-state index in [1.807, 2.05) is 42.5 Å². The van der Waals surface area contributed by atoms with Crippen LogP contribution >= 0.6 is 31.9 Å². The van der Waals surface area contributed by atoms with Crippen molar-refractivity contribution in [3.63, 3.8) is 0 Å². The van der Waals surface area contributed by atoms with Gasteiger partial charge in [0, 0.05) is 12.1 Å². The van der Waals surface area contributed by atoms with Crippen molar-refractivity contribution in [3.8, 4) is 5.75 Å². The quantitative estimate of drug-likeness (QED) is 0.238. The molecule has 0 saturated carbocycles. The molecular formula is C20H15Br2N3O3. The molecule has 0 atom stereocenters. The minimum absolute atomic E-state index is 0.0545. The van der Waals surface area contributed by atoms with Gasteiger partial charge in [0.05, 0.1) is 25.8 Å². The lowest BCUT2D eigenvalue weighted by molar-refractivity contribution is -0.384. The number of hydrogen-bond acceptors (Lipinski definition) is 5. The van der Waals surface area contributed by atoms with E-state index in [0.29, 0.717) is 5.75 Å². The highest BCUT2D eigenvalue weighted by Gasteiger charge is 2.10. The van der Waals surface area contributed by atoms with E-state index < -0.39 is 4.92 Å². The molecule has 0 unspecified atom stereocenters. The molecule has 0 aliphatic heterocycles. The van der Waals surface area contributed by atoms with Crippen LogP contribution in [0.25, 0.3) is 0 Å². The highest BCUT2D eigenvalue weighted by molar-refractivity contribution is 9.11. The lowest BCUT2D eigenvalue weighted by atomic mass is 10.2. The molecule has 0 aliphatic carbocycles. The van der Waals surface area contributed by atoms with E-state index in [4.69, 9.17) is 4.74 Å². The van der Waals surface area contributed by atoms with E-state index in [1.165, 1.54) is 12.1 Å². The van der Waals surface area contributed by atoms with Crippen molar-refractivity contribution in [2.75, 3.05) is 5.43 Å². The third-order valence-corrected chi connectivity index (χ3v) is 4.91. The van der Waals surface area contributed by atoms with Crippen LogP contribution in [0.15, 0.2) is 80.8 Å². The van der Waals surface area contributed by atoms with Crippen LogP contribution in [0.5, 0.6) is 5.75 Å². The molecule has 0 aliphatic rings. The summed E-state index contributed by atoms with van der Waals surface area (Å²) >= 11 is 7.03. The summed E-state index contributed by atoms with van der Waals surface area (Å²) in [6.07, 6.45) is 1.71. The molecule has 28 heavy (non-hydrogen) atoms. The van der Waals surface area contributed by atoms with Crippen molar-refractivity contribution in [3.05, 3.63) is 96.9 Å². The van der Waals surface area contributed by atoms with Gasteiger partial charge in [-0.3, -0.25) is 15.5 Å². The molecular weight excluding hydrogens is 490 g/mol. The predicted molar refractivity (Wildman–Crippen MR) is 117 cm³/mol. The summed E-state index contributed by atoms with van der Waals surface area (Å²) in [5.74, 6) is 0.645. The van der Waals surface area contributed by atoms with E-state index in [2.05, 4.69) is 42.4 Å². The molecule has 3 rings (SSSR count). The molecule has 3 aromatic rings. The molecule has 0 heterocycles. The first-order valence-corrected chi connectivity index (χ1v) is 9.81. The van der Waals surface area contributed by atoms with Crippen LogP contribution in [0.3, 0.4) is 0 Å². The number of rotatable bonds is 7. The number of nitrogens with zero attached hydrogens (tertiary/aromatic N) is 2. The second-order valence-corrected chi connectivity index (χ2v) is 7.47. The number of ether oxygens (including phenoxy) is 1. The molecule has 0 saturated heterocycles. The molecule has 0 aromatic heterocycles. The van der Waals surface area contributed by atoms with Crippen molar-refractivity contribution in [1.82, 2.24) is 0 Å². The van der Waals surface area contributed by atoms with Gasteiger partial charge in [0.2, 0.25) is 0 Å². The van der Waals surface area contributed by atoms with E-state index in [9.17, 15) is 10.1 Å². The van der Waals surface area contributed by atoms with Crippen molar-refractivity contribution in [2.45, 2.75) is 6.61 Å². The summed E-state index contributed by atoms with van der Waals surface area (Å²) in [4.78, 5) is 10.3. The minimum atomic E-state index is -0.426. The summed E-state index contributed by atoms with van der Waals surface area (Å²) in [6, 6.07) is 19.7. The smallest absolute Gasteiger partial charge is 0.269 e. The van der Waals surface area contributed by atoms with Gasteiger partial charge in [-0.05, 0) is 79.4 Å². The van der Waals surface area contributed by atoms with Crippen molar-refractivity contribution in [1.29, 1.82) is 0 Å². The summed E-state index contributed by atoms with van der Waals surface area (Å²) < 4.78 is 7.40. The number of non-ortho nitro benzene ring substituents is 1. The number of halogens is 2. The second-order valence-electron chi connectivity index (χ2n) is 5.76. The third kappa shape index (κ3) is 5.40. The van der Waals surface area contributed by atoms with Crippen LogP contribution < -0.4 is 10.2 Å². The van der Waals surface area contributed by atoms with Crippen LogP contribution in [0.4, 0.5) is 11.4 Å². The summed E-state index contributed by atoms with van der Waals surface area (Å²) in [7, 11) is 0. The van der Waals surface area contributed by atoms with Gasteiger partial charge in [-0.25, -0.2) is 0 Å². The first-order valence-electron chi connectivity index (χ1n) is 8.22. The molecule has 3 aromatic carbocycles. The van der Waals surface area contributed by atoms with Gasteiger partial charge in [-0.15, -0.1) is 0 Å². The normalized spacial score (nSPS) is 10.8.